The van der Waals surface area contributed by atoms with Gasteiger partial charge in [-0.25, -0.2) is 0 Å². The van der Waals surface area contributed by atoms with E-state index in [1.54, 1.807) is 6.20 Å². The van der Waals surface area contributed by atoms with Crippen molar-refractivity contribution in [3.63, 3.8) is 0 Å². The van der Waals surface area contributed by atoms with Gasteiger partial charge in [-0.3, -0.25) is 0 Å². The van der Waals surface area contributed by atoms with Crippen molar-refractivity contribution in [2.45, 2.75) is 19.6 Å². The van der Waals surface area contributed by atoms with Crippen LogP contribution in [0.5, 0.6) is 0 Å². The van der Waals surface area contributed by atoms with Crippen molar-refractivity contribution in [2.24, 2.45) is 0 Å². The first-order valence-corrected chi connectivity index (χ1v) is 11.3. The van der Waals surface area contributed by atoms with Crippen LogP contribution in [0, 0.1) is 6.07 Å². The van der Waals surface area contributed by atoms with E-state index in [2.05, 4.69) is 55.0 Å². The van der Waals surface area contributed by atoms with E-state index in [0.717, 1.165) is 33.2 Å². The Morgan fingerprint density at radius 1 is 0.958 bits per heavy atom. The predicted octanol–water partition coefficient (Wildman–Crippen LogP) is 4.99. The Balaban J connectivity index is 0.00000169. The van der Waals surface area contributed by atoms with E-state index in [1.165, 1.54) is 5.19 Å². The van der Waals surface area contributed by atoms with Crippen LogP contribution in [0.15, 0.2) is 59.1 Å². The molecule has 0 aliphatic heterocycles. The van der Waals surface area contributed by atoms with Crippen LogP contribution in [0.3, 0.4) is 0 Å². The summed E-state index contributed by atoms with van der Waals surface area (Å²) in [6, 6.07) is 20.0. The molecule has 0 saturated heterocycles. The monoisotopic (exact) mass is 509 g/mol. The average Bonchev–Trinajstić information content (AvgIpc) is 2.93. The molecule has 24 heavy (non-hydrogen) atoms. The third-order valence-corrected chi connectivity index (χ3v) is 6.27. The van der Waals surface area contributed by atoms with E-state index in [4.69, 9.17) is 4.42 Å². The number of aromatic nitrogens is 1. The Morgan fingerprint density at radius 2 is 1.75 bits per heavy atom. The van der Waals surface area contributed by atoms with Crippen LogP contribution in [0.2, 0.25) is 19.6 Å². The SMILES string of the molecule is C[Si](C)(C)c1c[c-]c(-c2nccc3oc4ccccc4c23)cc1.[Ir]. The first kappa shape index (κ1) is 17.1. The van der Waals surface area contributed by atoms with Gasteiger partial charge < -0.3 is 9.40 Å². The van der Waals surface area contributed by atoms with Crippen molar-refractivity contribution >= 4 is 35.2 Å². The van der Waals surface area contributed by atoms with Gasteiger partial charge >= 0.3 is 0 Å². The molecule has 0 fully saturated rings. The number of fused-ring (bicyclic) bond motifs is 3. The number of hydrogen-bond donors (Lipinski definition) is 0. The molecule has 0 aliphatic rings. The Bertz CT molecular complexity index is 1000. The summed E-state index contributed by atoms with van der Waals surface area (Å²) in [5.41, 5.74) is 3.73. The van der Waals surface area contributed by atoms with Gasteiger partial charge in [0.25, 0.3) is 0 Å². The molecule has 2 heterocycles. The van der Waals surface area contributed by atoms with Gasteiger partial charge in [0.1, 0.15) is 11.2 Å². The van der Waals surface area contributed by atoms with Crippen LogP contribution in [0.25, 0.3) is 33.2 Å². The van der Waals surface area contributed by atoms with Crippen molar-refractivity contribution in [3.05, 3.63) is 60.8 Å². The first-order valence-electron chi connectivity index (χ1n) is 7.83. The first-order chi connectivity index (χ1) is 11.0. The van der Waals surface area contributed by atoms with Crippen LogP contribution >= 0.6 is 0 Å². The molecule has 4 heteroatoms. The Kier molecular flexibility index (Phi) is 4.47. The number of furan rings is 1. The molecule has 2 aromatic carbocycles. The molecule has 0 N–H and O–H groups in total. The van der Waals surface area contributed by atoms with Gasteiger partial charge in [0.05, 0.1) is 0 Å². The molecular weight excluding hydrogens is 491 g/mol. The van der Waals surface area contributed by atoms with E-state index in [1.807, 2.05) is 24.3 Å². The number of rotatable bonds is 2. The second-order valence-electron chi connectivity index (χ2n) is 6.87. The smallest absolute Gasteiger partial charge is 0.134 e. The van der Waals surface area contributed by atoms with Crippen LogP contribution < -0.4 is 5.19 Å². The fraction of sp³-hybridized carbons (Fsp3) is 0.150. The van der Waals surface area contributed by atoms with Crippen molar-refractivity contribution in [1.29, 1.82) is 0 Å². The van der Waals surface area contributed by atoms with Gasteiger partial charge in [0.15, 0.2) is 0 Å². The molecule has 0 spiro atoms. The summed E-state index contributed by atoms with van der Waals surface area (Å²) in [4.78, 5) is 4.61. The number of hydrogen-bond acceptors (Lipinski definition) is 2. The van der Waals surface area contributed by atoms with Crippen LogP contribution in [-0.4, -0.2) is 13.1 Å². The molecule has 123 valence electrons. The normalized spacial score (nSPS) is 11.6. The summed E-state index contributed by atoms with van der Waals surface area (Å²) in [5.74, 6) is 0. The van der Waals surface area contributed by atoms with Gasteiger partial charge in [0, 0.05) is 45.1 Å². The Morgan fingerprint density at radius 3 is 2.46 bits per heavy atom. The quantitative estimate of drug-likeness (QED) is 0.282. The topological polar surface area (TPSA) is 26.0 Å². The number of benzene rings is 2. The summed E-state index contributed by atoms with van der Waals surface area (Å²) in [5, 5.41) is 3.58. The standard InChI is InChI=1S/C20H18NOSi.Ir/c1-23(2,3)15-10-8-14(9-11-15)20-19-16-6-4-5-7-17(16)22-18(19)12-13-21-20;/h4-8,10-13H,1-3H3;/q-1;. The molecular formula is C20H18IrNOSi-. The Hall–Kier alpha value is -1.74. The zero-order valence-corrected chi connectivity index (χ0v) is 17.3. The minimum atomic E-state index is -1.31. The van der Waals surface area contributed by atoms with E-state index in [9.17, 15) is 0 Å². The molecule has 0 saturated carbocycles. The van der Waals surface area contributed by atoms with Gasteiger partial charge in [-0.15, -0.1) is 35.0 Å². The summed E-state index contributed by atoms with van der Waals surface area (Å²) in [7, 11) is -1.31. The van der Waals surface area contributed by atoms with Crippen LogP contribution in [-0.2, 0) is 20.1 Å². The van der Waals surface area contributed by atoms with E-state index < -0.39 is 8.07 Å². The maximum absolute atomic E-state index is 5.95. The molecule has 0 bridgehead atoms. The zero-order chi connectivity index (χ0) is 16.0. The van der Waals surface area contributed by atoms with Gasteiger partial charge in [0.2, 0.25) is 0 Å². The second kappa shape index (κ2) is 6.28. The van der Waals surface area contributed by atoms with E-state index >= 15 is 0 Å². The van der Waals surface area contributed by atoms with Crippen LogP contribution in [0.1, 0.15) is 0 Å². The minimum absolute atomic E-state index is 0. The molecule has 4 rings (SSSR count). The summed E-state index contributed by atoms with van der Waals surface area (Å²) in [6.07, 6.45) is 1.81. The number of para-hydroxylation sites is 1. The molecule has 0 unspecified atom stereocenters. The molecule has 2 aromatic heterocycles. The number of nitrogens with zero attached hydrogens (tertiary/aromatic N) is 1. The Labute approximate surface area is 156 Å². The summed E-state index contributed by atoms with van der Waals surface area (Å²) < 4.78 is 5.95. The molecule has 0 atom stereocenters. The zero-order valence-electron chi connectivity index (χ0n) is 13.9. The molecule has 0 aliphatic carbocycles. The fourth-order valence-corrected chi connectivity index (χ4v) is 4.00. The summed E-state index contributed by atoms with van der Waals surface area (Å²) >= 11 is 0. The largest absolute Gasteiger partial charge is 0.457 e. The van der Waals surface area contributed by atoms with Crippen molar-refractivity contribution in [3.8, 4) is 11.3 Å². The molecule has 1 radical (unpaired) electrons. The molecule has 0 amide bonds. The van der Waals surface area contributed by atoms with Gasteiger partial charge in [-0.2, -0.15) is 0 Å². The van der Waals surface area contributed by atoms with E-state index in [-0.39, 0.29) is 20.1 Å². The van der Waals surface area contributed by atoms with Crippen molar-refractivity contribution in [1.82, 2.24) is 4.98 Å². The van der Waals surface area contributed by atoms with Gasteiger partial charge in [-0.1, -0.05) is 37.8 Å². The maximum Gasteiger partial charge on any atom is 0.134 e. The maximum atomic E-state index is 5.95. The third-order valence-electron chi connectivity index (χ3n) is 4.22. The second-order valence-corrected chi connectivity index (χ2v) is 11.9. The summed E-state index contributed by atoms with van der Waals surface area (Å²) in [6.45, 7) is 7.04. The van der Waals surface area contributed by atoms with E-state index in [0.29, 0.717) is 0 Å². The van der Waals surface area contributed by atoms with Crippen LogP contribution in [0.4, 0.5) is 0 Å². The average molecular weight is 509 g/mol. The van der Waals surface area contributed by atoms with Crippen molar-refractivity contribution < 1.29 is 24.5 Å². The van der Waals surface area contributed by atoms with Gasteiger partial charge in [-0.05, 0) is 17.8 Å². The molecule has 4 aromatic rings. The van der Waals surface area contributed by atoms with Crippen molar-refractivity contribution in [2.75, 3.05) is 0 Å². The predicted molar refractivity (Wildman–Crippen MR) is 98.8 cm³/mol. The number of pyridine rings is 1. The molecule has 2 nitrogen and oxygen atoms in total. The fourth-order valence-electron chi connectivity index (χ4n) is 2.91. The third kappa shape index (κ3) is 2.86. The minimum Gasteiger partial charge on any atom is -0.457 e.